The molecule has 2 heterocycles. The fourth-order valence-corrected chi connectivity index (χ4v) is 2.35. The number of carboxylic acids is 1. The van der Waals surface area contributed by atoms with Gasteiger partial charge in [-0.1, -0.05) is 0 Å². The molecular formula is C12H14N4O3S. The number of nitrogens with one attached hydrogen (secondary N) is 1. The first-order valence-electron chi connectivity index (χ1n) is 5.84. The standard InChI is InChI=1S/C12H14N4O3S/c1-6-4-9(19-3)16-12(13-6)14-7(2)10-15-8(5-20-10)11(17)18/h4-5,7H,1-3H3,(H,17,18)(H,13,14,16). The average molecular weight is 294 g/mol. The summed E-state index contributed by atoms with van der Waals surface area (Å²) in [5.74, 6) is -0.146. The summed E-state index contributed by atoms with van der Waals surface area (Å²) in [5, 5.41) is 14.1. The first-order valence-corrected chi connectivity index (χ1v) is 6.72. The lowest BCUT2D eigenvalue weighted by Crippen LogP contribution is -2.10. The number of hydrogen-bond acceptors (Lipinski definition) is 7. The smallest absolute Gasteiger partial charge is 0.355 e. The lowest BCUT2D eigenvalue weighted by molar-refractivity contribution is 0.0691. The number of rotatable bonds is 5. The normalized spacial score (nSPS) is 11.9. The molecule has 0 saturated carbocycles. The molecule has 0 amide bonds. The van der Waals surface area contributed by atoms with Gasteiger partial charge in [0.2, 0.25) is 11.8 Å². The summed E-state index contributed by atoms with van der Waals surface area (Å²) in [4.78, 5) is 23.3. The summed E-state index contributed by atoms with van der Waals surface area (Å²) in [7, 11) is 1.54. The topological polar surface area (TPSA) is 97.2 Å². The molecule has 106 valence electrons. The van der Waals surface area contributed by atoms with Gasteiger partial charge in [0.15, 0.2) is 5.69 Å². The van der Waals surface area contributed by atoms with Crippen molar-refractivity contribution in [2.24, 2.45) is 0 Å². The van der Waals surface area contributed by atoms with Crippen LogP contribution in [0.25, 0.3) is 0 Å². The molecule has 0 aliphatic heterocycles. The largest absolute Gasteiger partial charge is 0.481 e. The number of ether oxygens (including phenoxy) is 1. The summed E-state index contributed by atoms with van der Waals surface area (Å²) in [6.07, 6.45) is 0. The van der Waals surface area contributed by atoms with Crippen molar-refractivity contribution in [2.45, 2.75) is 19.9 Å². The van der Waals surface area contributed by atoms with E-state index in [4.69, 9.17) is 9.84 Å². The molecule has 20 heavy (non-hydrogen) atoms. The summed E-state index contributed by atoms with van der Waals surface area (Å²) < 4.78 is 5.08. The Balaban J connectivity index is 2.16. The molecule has 1 atom stereocenters. The fraction of sp³-hybridized carbons (Fsp3) is 0.333. The molecule has 1 unspecified atom stereocenters. The minimum Gasteiger partial charge on any atom is -0.481 e. The monoisotopic (exact) mass is 294 g/mol. The first kappa shape index (κ1) is 14.2. The van der Waals surface area contributed by atoms with E-state index in [-0.39, 0.29) is 11.7 Å². The molecule has 0 bridgehead atoms. The number of anilines is 1. The van der Waals surface area contributed by atoms with Gasteiger partial charge in [0.25, 0.3) is 0 Å². The van der Waals surface area contributed by atoms with Crippen molar-refractivity contribution in [1.29, 1.82) is 0 Å². The zero-order chi connectivity index (χ0) is 14.7. The fourth-order valence-electron chi connectivity index (χ4n) is 1.55. The van der Waals surface area contributed by atoms with Crippen molar-refractivity contribution in [2.75, 3.05) is 12.4 Å². The average Bonchev–Trinajstić information content (AvgIpc) is 2.87. The molecule has 0 aromatic carbocycles. The van der Waals surface area contributed by atoms with E-state index in [1.165, 1.54) is 23.8 Å². The zero-order valence-corrected chi connectivity index (χ0v) is 12.1. The maximum absolute atomic E-state index is 10.8. The van der Waals surface area contributed by atoms with E-state index < -0.39 is 5.97 Å². The molecule has 0 aliphatic carbocycles. The minimum atomic E-state index is -1.03. The van der Waals surface area contributed by atoms with Crippen LogP contribution < -0.4 is 10.1 Å². The van der Waals surface area contributed by atoms with E-state index in [2.05, 4.69) is 20.3 Å². The van der Waals surface area contributed by atoms with Gasteiger partial charge in [-0.2, -0.15) is 4.98 Å². The van der Waals surface area contributed by atoms with Gasteiger partial charge in [-0.3, -0.25) is 0 Å². The van der Waals surface area contributed by atoms with Gasteiger partial charge < -0.3 is 15.2 Å². The van der Waals surface area contributed by atoms with E-state index in [0.29, 0.717) is 16.8 Å². The maximum Gasteiger partial charge on any atom is 0.355 e. The van der Waals surface area contributed by atoms with Gasteiger partial charge in [0.1, 0.15) is 5.01 Å². The quantitative estimate of drug-likeness (QED) is 0.871. The third kappa shape index (κ3) is 3.21. The summed E-state index contributed by atoms with van der Waals surface area (Å²) >= 11 is 1.28. The molecule has 8 heteroatoms. The molecule has 2 aromatic heterocycles. The van der Waals surface area contributed by atoms with E-state index in [0.717, 1.165) is 5.69 Å². The number of nitrogens with zero attached hydrogens (tertiary/aromatic N) is 3. The molecule has 2 N–H and O–H groups in total. The van der Waals surface area contributed by atoms with Crippen molar-refractivity contribution in [3.05, 3.63) is 27.8 Å². The minimum absolute atomic E-state index is 0.0430. The highest BCUT2D eigenvalue weighted by Crippen LogP contribution is 2.22. The Bertz CT molecular complexity index is 629. The number of thiazole rings is 1. The summed E-state index contributed by atoms with van der Waals surface area (Å²) in [6, 6.07) is 1.53. The van der Waals surface area contributed by atoms with Crippen LogP contribution in [0.15, 0.2) is 11.4 Å². The number of methoxy groups -OCH3 is 1. The Morgan fingerprint density at radius 2 is 2.20 bits per heavy atom. The van der Waals surface area contributed by atoms with Crippen molar-refractivity contribution < 1.29 is 14.6 Å². The number of aromatic nitrogens is 3. The van der Waals surface area contributed by atoms with Crippen LogP contribution in [-0.2, 0) is 0 Å². The Hall–Kier alpha value is -2.22. The maximum atomic E-state index is 10.8. The lowest BCUT2D eigenvalue weighted by atomic mass is 10.3. The van der Waals surface area contributed by atoms with E-state index in [1.807, 2.05) is 13.8 Å². The van der Waals surface area contributed by atoms with Crippen LogP contribution in [-0.4, -0.2) is 33.1 Å². The van der Waals surface area contributed by atoms with Crippen molar-refractivity contribution in [3.8, 4) is 5.88 Å². The van der Waals surface area contributed by atoms with E-state index in [9.17, 15) is 4.79 Å². The summed E-state index contributed by atoms with van der Waals surface area (Å²) in [5.41, 5.74) is 0.818. The van der Waals surface area contributed by atoms with Gasteiger partial charge in [0, 0.05) is 17.1 Å². The molecule has 0 spiro atoms. The van der Waals surface area contributed by atoms with Crippen LogP contribution in [0.2, 0.25) is 0 Å². The number of carbonyl (C=O) groups is 1. The molecular weight excluding hydrogens is 280 g/mol. The van der Waals surface area contributed by atoms with Crippen molar-refractivity contribution in [1.82, 2.24) is 15.0 Å². The highest BCUT2D eigenvalue weighted by atomic mass is 32.1. The predicted molar refractivity (Wildman–Crippen MR) is 74.4 cm³/mol. The Morgan fingerprint density at radius 3 is 2.80 bits per heavy atom. The first-order chi connectivity index (χ1) is 9.49. The Morgan fingerprint density at radius 1 is 1.45 bits per heavy atom. The van der Waals surface area contributed by atoms with Gasteiger partial charge in [-0.05, 0) is 13.8 Å². The van der Waals surface area contributed by atoms with Crippen LogP contribution in [0.4, 0.5) is 5.95 Å². The molecule has 0 aliphatic rings. The molecule has 7 nitrogen and oxygen atoms in total. The van der Waals surface area contributed by atoms with Crippen LogP contribution in [0.1, 0.15) is 34.2 Å². The van der Waals surface area contributed by atoms with Gasteiger partial charge in [-0.15, -0.1) is 11.3 Å². The Labute approximate surface area is 119 Å². The zero-order valence-electron chi connectivity index (χ0n) is 11.2. The van der Waals surface area contributed by atoms with Crippen molar-refractivity contribution in [3.63, 3.8) is 0 Å². The summed E-state index contributed by atoms with van der Waals surface area (Å²) in [6.45, 7) is 3.70. The van der Waals surface area contributed by atoms with Gasteiger partial charge >= 0.3 is 5.97 Å². The second-order valence-electron chi connectivity index (χ2n) is 4.12. The predicted octanol–water partition coefficient (Wildman–Crippen LogP) is 2.12. The SMILES string of the molecule is COc1cc(C)nc(NC(C)c2nc(C(=O)O)cs2)n1. The number of aromatic carboxylic acids is 1. The molecule has 0 radical (unpaired) electrons. The van der Waals surface area contributed by atoms with E-state index >= 15 is 0 Å². The number of hydrogen-bond donors (Lipinski definition) is 2. The van der Waals surface area contributed by atoms with Crippen molar-refractivity contribution >= 4 is 23.3 Å². The Kier molecular flexibility index (Phi) is 4.14. The van der Waals surface area contributed by atoms with Crippen LogP contribution >= 0.6 is 11.3 Å². The number of carboxylic acid groups (broad SMARTS) is 1. The molecule has 0 fully saturated rings. The number of aryl methyl sites for hydroxylation is 1. The molecule has 2 rings (SSSR count). The van der Waals surface area contributed by atoms with Crippen LogP contribution in [0, 0.1) is 6.92 Å². The third-order valence-electron chi connectivity index (χ3n) is 2.50. The lowest BCUT2D eigenvalue weighted by Gasteiger charge is -2.12. The van der Waals surface area contributed by atoms with Gasteiger partial charge in [-0.25, -0.2) is 14.8 Å². The highest BCUT2D eigenvalue weighted by Gasteiger charge is 2.15. The third-order valence-corrected chi connectivity index (χ3v) is 3.52. The second-order valence-corrected chi connectivity index (χ2v) is 5.01. The second kappa shape index (κ2) is 5.83. The molecule has 2 aromatic rings. The van der Waals surface area contributed by atoms with Crippen LogP contribution in [0.5, 0.6) is 5.88 Å². The van der Waals surface area contributed by atoms with E-state index in [1.54, 1.807) is 6.07 Å². The van der Waals surface area contributed by atoms with Gasteiger partial charge in [0.05, 0.1) is 13.2 Å². The van der Waals surface area contributed by atoms with Crippen LogP contribution in [0.3, 0.4) is 0 Å². The highest BCUT2D eigenvalue weighted by molar-refractivity contribution is 7.09. The molecule has 0 saturated heterocycles.